The van der Waals surface area contributed by atoms with Crippen LogP contribution in [0.3, 0.4) is 0 Å². The van der Waals surface area contributed by atoms with Gasteiger partial charge in [-0.2, -0.15) is 0 Å². The number of furan rings is 1. The number of benzene rings is 10. The molecule has 1 aromatic heterocycles. The van der Waals surface area contributed by atoms with Crippen molar-refractivity contribution in [3.8, 4) is 33.6 Å². The van der Waals surface area contributed by atoms with Crippen LogP contribution in [0.5, 0.6) is 0 Å². The summed E-state index contributed by atoms with van der Waals surface area (Å²) in [7, 11) is 0. The minimum absolute atomic E-state index is 0.904. The summed E-state index contributed by atoms with van der Waals surface area (Å²) in [5.74, 6) is 0.904. The molecule has 0 spiro atoms. The maximum absolute atomic E-state index is 6.69. The second kappa shape index (κ2) is 11.8. The lowest BCUT2D eigenvalue weighted by Crippen LogP contribution is -2.00. The average molecular weight is 699 g/mol. The van der Waals surface area contributed by atoms with Gasteiger partial charge in [0.05, 0.1) is 0 Å². The topological polar surface area (TPSA) is 13.1 Å². The Labute approximate surface area is 318 Å². The zero-order chi connectivity index (χ0) is 36.0. The van der Waals surface area contributed by atoms with Crippen molar-refractivity contribution in [3.63, 3.8) is 0 Å². The van der Waals surface area contributed by atoms with Crippen LogP contribution in [0.4, 0.5) is 0 Å². The van der Waals surface area contributed by atoms with Crippen LogP contribution in [-0.2, 0) is 6.42 Å². The highest BCUT2D eigenvalue weighted by atomic mass is 16.3. The molecule has 0 bridgehead atoms. The number of para-hydroxylation sites is 1. The van der Waals surface area contributed by atoms with Crippen molar-refractivity contribution in [3.05, 3.63) is 193 Å². The van der Waals surface area contributed by atoms with E-state index in [0.717, 1.165) is 35.1 Å². The number of aryl methyl sites for hydroxylation is 1. The molecule has 1 nitrogen and oxygen atoms in total. The second-order valence-electron chi connectivity index (χ2n) is 15.2. The van der Waals surface area contributed by atoms with Gasteiger partial charge in [-0.05, 0) is 148 Å². The number of hydrogen-bond acceptors (Lipinski definition) is 1. The zero-order valence-corrected chi connectivity index (χ0v) is 30.1. The molecular formula is C54H34O. The number of rotatable bonds is 4. The Bertz CT molecular complexity index is 3240. The first-order valence-electron chi connectivity index (χ1n) is 19.3. The van der Waals surface area contributed by atoms with Crippen LogP contribution in [0, 0.1) is 0 Å². The molecule has 0 atom stereocenters. The molecule has 1 aliphatic carbocycles. The van der Waals surface area contributed by atoms with Crippen molar-refractivity contribution < 1.29 is 4.42 Å². The van der Waals surface area contributed by atoms with E-state index in [-0.39, 0.29) is 0 Å². The second-order valence-corrected chi connectivity index (χ2v) is 15.2. The van der Waals surface area contributed by atoms with Crippen LogP contribution < -0.4 is 0 Å². The molecule has 1 heteroatoms. The lowest BCUT2D eigenvalue weighted by Gasteiger charge is -2.23. The van der Waals surface area contributed by atoms with Crippen LogP contribution >= 0.6 is 0 Å². The van der Waals surface area contributed by atoms with Gasteiger partial charge in [-0.25, -0.2) is 0 Å². The summed E-state index contributed by atoms with van der Waals surface area (Å²) in [4.78, 5) is 0. The van der Waals surface area contributed by atoms with Gasteiger partial charge in [-0.1, -0.05) is 146 Å². The van der Waals surface area contributed by atoms with Gasteiger partial charge < -0.3 is 4.42 Å². The SMILES string of the molecule is C1=C(c2cc(-c3cc4ccccc4o3)c3ccc4c(-c5ccc6ccccc6c5)cc(-c5ccc6ccccc6c5)c5ccc2c3c54)CCc2ccccc21. The normalized spacial score (nSPS) is 13.1. The lowest BCUT2D eigenvalue weighted by molar-refractivity contribution is 0.632. The summed E-state index contributed by atoms with van der Waals surface area (Å²) < 4.78 is 6.69. The molecule has 10 aromatic carbocycles. The summed E-state index contributed by atoms with van der Waals surface area (Å²) >= 11 is 0. The fraction of sp³-hybridized carbons (Fsp3) is 0.0370. The predicted octanol–water partition coefficient (Wildman–Crippen LogP) is 15.1. The predicted molar refractivity (Wildman–Crippen MR) is 234 cm³/mol. The van der Waals surface area contributed by atoms with Gasteiger partial charge in [0.1, 0.15) is 11.3 Å². The van der Waals surface area contributed by atoms with Crippen LogP contribution in [0.2, 0.25) is 0 Å². The van der Waals surface area contributed by atoms with E-state index in [0.29, 0.717) is 0 Å². The van der Waals surface area contributed by atoms with E-state index in [1.807, 2.05) is 0 Å². The van der Waals surface area contributed by atoms with E-state index in [2.05, 4.69) is 182 Å². The minimum atomic E-state index is 0.904. The molecule has 1 heterocycles. The maximum atomic E-state index is 6.69. The zero-order valence-electron chi connectivity index (χ0n) is 30.1. The maximum Gasteiger partial charge on any atom is 0.136 e. The molecule has 0 saturated carbocycles. The van der Waals surface area contributed by atoms with Gasteiger partial charge >= 0.3 is 0 Å². The fourth-order valence-corrected chi connectivity index (χ4v) is 9.41. The Kier molecular flexibility index (Phi) is 6.53. The summed E-state index contributed by atoms with van der Waals surface area (Å²) in [5.41, 5.74) is 12.4. The van der Waals surface area contributed by atoms with Crippen molar-refractivity contribution in [2.45, 2.75) is 12.8 Å². The first-order valence-corrected chi connectivity index (χ1v) is 19.3. The first kappa shape index (κ1) is 30.5. The van der Waals surface area contributed by atoms with E-state index in [9.17, 15) is 0 Å². The molecule has 12 rings (SSSR count). The Hall–Kier alpha value is -6.96. The van der Waals surface area contributed by atoms with Crippen LogP contribution in [0.25, 0.3) is 110 Å². The van der Waals surface area contributed by atoms with E-state index in [4.69, 9.17) is 4.42 Å². The number of fused-ring (bicyclic) bond motifs is 4. The van der Waals surface area contributed by atoms with Gasteiger partial charge in [0.15, 0.2) is 0 Å². The van der Waals surface area contributed by atoms with E-state index in [1.54, 1.807) is 0 Å². The van der Waals surface area contributed by atoms with E-state index < -0.39 is 0 Å². The highest BCUT2D eigenvalue weighted by Crippen LogP contribution is 2.49. The van der Waals surface area contributed by atoms with Crippen molar-refractivity contribution in [1.82, 2.24) is 0 Å². The largest absolute Gasteiger partial charge is 0.456 e. The lowest BCUT2D eigenvalue weighted by atomic mass is 9.80. The summed E-state index contributed by atoms with van der Waals surface area (Å²) in [6.45, 7) is 0. The molecule has 0 radical (unpaired) electrons. The standard InChI is InChI=1S/C54H34O/c1-4-12-36-27-39(20-17-33(36)9-1)47-31-48(40-21-18-34-10-2-5-13-37(34)28-40)44-25-26-46-50(52-30-42-15-7-8-16-51(42)55-52)32-49(45-24-23-43(47)53(44)54(45)46)41-22-19-35-11-3-6-14-38(35)29-41/h1-18,20-21,23-32H,19,22H2. The van der Waals surface area contributed by atoms with E-state index in [1.165, 1.54) is 98.4 Å². The molecule has 0 N–H and O–H groups in total. The Morgan fingerprint density at radius 2 is 0.891 bits per heavy atom. The molecule has 0 amide bonds. The fourth-order valence-electron chi connectivity index (χ4n) is 9.41. The average Bonchev–Trinajstić information content (AvgIpc) is 3.69. The smallest absolute Gasteiger partial charge is 0.136 e. The van der Waals surface area contributed by atoms with Crippen LogP contribution in [0.1, 0.15) is 23.1 Å². The van der Waals surface area contributed by atoms with Crippen LogP contribution in [0.15, 0.2) is 180 Å². The summed E-state index contributed by atoms with van der Waals surface area (Å²) in [6.07, 6.45) is 4.45. The summed E-state index contributed by atoms with van der Waals surface area (Å²) in [5, 5.41) is 13.8. The van der Waals surface area contributed by atoms with Gasteiger partial charge in [-0.3, -0.25) is 0 Å². The number of allylic oxidation sites excluding steroid dienone is 1. The summed E-state index contributed by atoms with van der Waals surface area (Å²) in [6, 6.07) is 65.0. The molecule has 0 aliphatic heterocycles. The monoisotopic (exact) mass is 698 g/mol. The minimum Gasteiger partial charge on any atom is -0.456 e. The molecule has 55 heavy (non-hydrogen) atoms. The molecular weight excluding hydrogens is 665 g/mol. The highest BCUT2D eigenvalue weighted by Gasteiger charge is 2.24. The quantitative estimate of drug-likeness (QED) is 0.167. The van der Waals surface area contributed by atoms with Crippen LogP contribution in [-0.4, -0.2) is 0 Å². The Morgan fingerprint density at radius 3 is 1.55 bits per heavy atom. The third kappa shape index (κ3) is 4.73. The van der Waals surface area contributed by atoms with E-state index >= 15 is 0 Å². The Morgan fingerprint density at radius 1 is 0.364 bits per heavy atom. The van der Waals surface area contributed by atoms with Crippen molar-refractivity contribution in [1.29, 1.82) is 0 Å². The highest BCUT2D eigenvalue weighted by molar-refractivity contribution is 6.31. The van der Waals surface area contributed by atoms with Gasteiger partial charge in [0.2, 0.25) is 0 Å². The number of hydrogen-bond donors (Lipinski definition) is 0. The van der Waals surface area contributed by atoms with Crippen molar-refractivity contribution in [2.24, 2.45) is 0 Å². The van der Waals surface area contributed by atoms with Crippen molar-refractivity contribution >= 4 is 76.5 Å². The molecule has 11 aromatic rings. The van der Waals surface area contributed by atoms with Gasteiger partial charge in [0.25, 0.3) is 0 Å². The molecule has 1 aliphatic rings. The van der Waals surface area contributed by atoms with Gasteiger partial charge in [0, 0.05) is 10.9 Å². The molecule has 256 valence electrons. The van der Waals surface area contributed by atoms with Gasteiger partial charge in [-0.15, -0.1) is 0 Å². The third-order valence-corrected chi connectivity index (χ3v) is 12.1. The molecule has 0 fully saturated rings. The Balaban J connectivity index is 1.23. The first-order chi connectivity index (χ1) is 27.2. The molecule has 0 saturated heterocycles. The third-order valence-electron chi connectivity index (χ3n) is 12.1. The molecule has 0 unspecified atom stereocenters. The van der Waals surface area contributed by atoms with Crippen molar-refractivity contribution in [2.75, 3.05) is 0 Å².